The fourth-order valence-electron chi connectivity index (χ4n) is 17.9. The van der Waals surface area contributed by atoms with Crippen LogP contribution < -0.4 is 61.2 Å². The number of benzene rings is 8. The van der Waals surface area contributed by atoms with Gasteiger partial charge < -0.3 is 23.5 Å². The van der Waals surface area contributed by atoms with E-state index in [0.29, 0.717) is 43.8 Å². The van der Waals surface area contributed by atoms with Crippen molar-refractivity contribution in [2.45, 2.75) is 148 Å². The van der Waals surface area contributed by atoms with Crippen LogP contribution in [0.4, 0.5) is 17.1 Å². The van der Waals surface area contributed by atoms with Crippen molar-refractivity contribution in [1.29, 1.82) is 0 Å². The predicted octanol–water partition coefficient (Wildman–Crippen LogP) is 16.6. The zero-order chi connectivity index (χ0) is 78.7. The fraction of sp³-hybridized carbons (Fsp3) is 0.337. The Labute approximate surface area is 707 Å². The first-order valence-corrected chi connectivity index (χ1v) is 44.8. The molecule has 6 aliphatic rings. The molecule has 0 saturated heterocycles. The number of hydrogen-bond donors (Lipinski definition) is 1. The van der Waals surface area contributed by atoms with E-state index in [1.54, 1.807) is 0 Å². The Morgan fingerprint density at radius 3 is 1.34 bits per heavy atom. The Bertz CT molecular complexity index is 5920. The summed E-state index contributed by atoms with van der Waals surface area (Å²) >= 11 is 14.5. The molecule has 3 heterocycles. The molecule has 15 nitrogen and oxygen atoms in total. The van der Waals surface area contributed by atoms with Crippen molar-refractivity contribution in [2.75, 3.05) is 52.4 Å². The third-order valence-electron chi connectivity index (χ3n) is 23.1. The van der Waals surface area contributed by atoms with E-state index in [9.17, 15) is 51.9 Å². The maximum atomic E-state index is 11.9. The SMILES string of the molecule is CC1(C)C(/C=C/C2=C(Cl)C(=C/C=C3/N(CCCCS(=O)(=O)[O-])c4ccc5ccccc5c4C3(C)C)/CCC2)=[N+](CCCCS(=O)(=O)[O-])c2ccc3ccccc3c21.CC1(C)C(/C=C/C2=C(Cl)C(=C/C=C3/N(CCS(=O)(=O)O)c4ccc5ccccc5c4C3(C)C)/CCC2)=C(CCS(=O)(=O)[O-])c2ccc3ccccc3c21.[K+]. The normalized spacial score (nSPS) is 19.6. The van der Waals surface area contributed by atoms with Gasteiger partial charge in [-0.05, 0) is 207 Å². The number of halogens is 2. The smallest absolute Gasteiger partial charge is 0.748 e. The average molecular weight is 1640 g/mol. The topological polar surface area (TPSA) is 235 Å². The molecule has 0 bridgehead atoms. The molecule has 0 amide bonds. The molecule has 111 heavy (non-hydrogen) atoms. The van der Waals surface area contributed by atoms with E-state index in [4.69, 9.17) is 23.2 Å². The van der Waals surface area contributed by atoms with Gasteiger partial charge >= 0.3 is 51.4 Å². The van der Waals surface area contributed by atoms with Gasteiger partial charge in [-0.25, -0.2) is 25.3 Å². The van der Waals surface area contributed by atoms with E-state index in [-0.39, 0.29) is 86.7 Å². The van der Waals surface area contributed by atoms with Crippen LogP contribution in [-0.4, -0.2) is 105 Å². The summed E-state index contributed by atoms with van der Waals surface area (Å²) in [5, 5.41) is 10.4. The number of anilines is 2. The van der Waals surface area contributed by atoms with E-state index in [2.05, 4.69) is 180 Å². The van der Waals surface area contributed by atoms with Crippen LogP contribution in [0.5, 0.6) is 0 Å². The first kappa shape index (κ1) is 84.0. The van der Waals surface area contributed by atoms with Gasteiger partial charge in [0.25, 0.3) is 10.1 Å². The molecule has 8 aromatic rings. The Morgan fingerprint density at radius 2 is 0.865 bits per heavy atom. The quantitative estimate of drug-likeness (QED) is 0.0288. The van der Waals surface area contributed by atoms with Gasteiger partial charge in [-0.1, -0.05) is 216 Å². The van der Waals surface area contributed by atoms with Gasteiger partial charge in [0.2, 0.25) is 5.69 Å². The summed E-state index contributed by atoms with van der Waals surface area (Å²) in [6.45, 7) is 18.7. The molecule has 8 aromatic carbocycles. The molecule has 0 fully saturated rings. The molecule has 0 spiro atoms. The van der Waals surface area contributed by atoms with Crippen molar-refractivity contribution in [3.05, 3.63) is 271 Å². The third kappa shape index (κ3) is 17.7. The molecular formula is C89H93Cl2KN3O12S4-. The number of rotatable bonds is 22. The van der Waals surface area contributed by atoms with Crippen molar-refractivity contribution >= 4 is 135 Å². The van der Waals surface area contributed by atoms with Crippen molar-refractivity contribution in [3.8, 4) is 0 Å². The van der Waals surface area contributed by atoms with Crippen LogP contribution in [-0.2, 0) is 62.1 Å². The van der Waals surface area contributed by atoms with Gasteiger partial charge in [-0.2, -0.15) is 13.0 Å². The van der Waals surface area contributed by atoms with Gasteiger partial charge in [0, 0.05) is 104 Å². The second-order valence-corrected chi connectivity index (χ2v) is 38.7. The molecule has 0 aromatic heterocycles. The minimum atomic E-state index is -4.43. The van der Waals surface area contributed by atoms with E-state index < -0.39 is 62.8 Å². The molecule has 1 N–H and O–H groups in total. The van der Waals surface area contributed by atoms with E-state index in [0.717, 1.165) is 160 Å². The van der Waals surface area contributed by atoms with Gasteiger partial charge in [-0.15, -0.1) is 0 Å². The van der Waals surface area contributed by atoms with Crippen LogP contribution in [0.25, 0.3) is 48.7 Å². The first-order valence-electron chi connectivity index (χ1n) is 37.7. The molecule has 0 saturated carbocycles. The summed E-state index contributed by atoms with van der Waals surface area (Å²) in [6, 6.07) is 49.8. The molecule has 14 rings (SSSR count). The monoisotopic (exact) mass is 1630 g/mol. The Morgan fingerprint density at radius 1 is 0.441 bits per heavy atom. The number of hydrogen-bond acceptors (Lipinski definition) is 13. The number of nitrogens with zero attached hydrogens (tertiary/aromatic N) is 3. The number of unbranched alkanes of at least 4 members (excludes halogenated alkanes) is 2. The van der Waals surface area contributed by atoms with Gasteiger partial charge in [0.05, 0.1) is 41.5 Å². The minimum Gasteiger partial charge on any atom is -0.748 e. The predicted molar refractivity (Wildman–Crippen MR) is 447 cm³/mol. The molecule has 22 heteroatoms. The van der Waals surface area contributed by atoms with Crippen LogP contribution in [0.15, 0.2) is 244 Å². The second-order valence-electron chi connectivity index (χ2n) is 31.8. The van der Waals surface area contributed by atoms with Crippen LogP contribution in [0.2, 0.25) is 0 Å². The molecule has 0 atom stereocenters. The zero-order valence-corrected chi connectivity index (χ0v) is 72.3. The summed E-state index contributed by atoms with van der Waals surface area (Å²) in [5.74, 6) is -1.65. The summed E-state index contributed by atoms with van der Waals surface area (Å²) in [6.07, 6.45) is 23.6. The van der Waals surface area contributed by atoms with E-state index in [1.165, 1.54) is 21.9 Å². The summed E-state index contributed by atoms with van der Waals surface area (Å²) < 4.78 is 140. The van der Waals surface area contributed by atoms with Crippen molar-refractivity contribution in [2.24, 2.45) is 0 Å². The second kappa shape index (κ2) is 33.1. The van der Waals surface area contributed by atoms with E-state index >= 15 is 0 Å². The van der Waals surface area contributed by atoms with Gasteiger partial charge in [0.15, 0.2) is 5.71 Å². The van der Waals surface area contributed by atoms with Gasteiger partial charge in [0.1, 0.15) is 6.54 Å². The van der Waals surface area contributed by atoms with Gasteiger partial charge in [-0.3, -0.25) is 4.55 Å². The largest absolute Gasteiger partial charge is 1.00 e. The summed E-state index contributed by atoms with van der Waals surface area (Å²) in [5.41, 5.74) is 16.0. The molecule has 576 valence electrons. The summed E-state index contributed by atoms with van der Waals surface area (Å²) in [7, 11) is -17.2. The maximum absolute atomic E-state index is 11.9. The van der Waals surface area contributed by atoms with Crippen LogP contribution in [0, 0.1) is 0 Å². The zero-order valence-electron chi connectivity index (χ0n) is 64.4. The van der Waals surface area contributed by atoms with Crippen molar-refractivity contribution < 1.29 is 108 Å². The number of allylic oxidation sites excluding steroid dienone is 18. The Balaban J connectivity index is 0.000000205. The molecule has 3 aliphatic heterocycles. The fourth-order valence-corrected chi connectivity index (χ4v) is 20.5. The maximum Gasteiger partial charge on any atom is 1.00 e. The van der Waals surface area contributed by atoms with Crippen LogP contribution >= 0.6 is 23.2 Å². The third-order valence-corrected chi connectivity index (χ3v) is 27.0. The molecule has 0 radical (unpaired) electrons. The number of fused-ring (bicyclic) bond motifs is 12. The van der Waals surface area contributed by atoms with Crippen LogP contribution in [0.3, 0.4) is 0 Å². The Kier molecular flexibility index (Phi) is 25.0. The standard InChI is InChI=1S/C46H51ClN2O6S2.C43H44ClNO6S2.K/c1-45(2)40(48(28-9-11-30-56(50,51)52)38-24-20-32-14-5-7-18-36(32)42(38)45)26-22-34-16-13-17-35(44(34)47)23-27-41-46(3,4)43-37-19-8-6-15-33(37)21-25-39(43)49(41)29-10-12-31-57(53,54)55;1-42(2)36(34(24-26-52(46,47)48)35-20-16-28-10-5-7-14-32(28)39(35)42)21-17-30-12-9-13-31(41(30)44)19-23-38-43(3,4)40-33-15-8-6-11-29(33)18-22-37(40)45(38)25-27-53(49,50)51;/h5-8,14-15,18-27H,9-13,16-17,28-31H2,1-4H3,(H-,50,51,52,53,54,55);5-8,10-11,14-23H,9,12-13,24-27H2,1-4H3,(H,46,47,48)(H,49,50,51);/q;;+1/p-2/b;21-17+,31-19+,38-23+;. The Hall–Kier alpha value is -6.41. The molecule has 0 unspecified atom stereocenters. The van der Waals surface area contributed by atoms with Crippen molar-refractivity contribution in [1.82, 2.24) is 0 Å². The molecular weight excluding hydrogens is 1540 g/mol. The van der Waals surface area contributed by atoms with Crippen molar-refractivity contribution in [3.63, 3.8) is 0 Å². The average Bonchev–Trinajstić information content (AvgIpc) is 1.60. The minimum absolute atomic E-state index is 0. The molecule has 3 aliphatic carbocycles. The van der Waals surface area contributed by atoms with E-state index in [1.807, 2.05) is 83.8 Å². The van der Waals surface area contributed by atoms with Crippen LogP contribution in [0.1, 0.15) is 154 Å². The first-order chi connectivity index (χ1) is 51.9. The summed E-state index contributed by atoms with van der Waals surface area (Å²) in [4.78, 5) is 4.27.